The summed E-state index contributed by atoms with van der Waals surface area (Å²) in [6.07, 6.45) is 6.61. The SMILES string of the molecule is C=C(/C=C(\CC)N(C)C(=C)C)c1ccncc1. The van der Waals surface area contributed by atoms with Gasteiger partial charge in [0.05, 0.1) is 0 Å². The van der Waals surface area contributed by atoms with Crippen LogP contribution in [0.3, 0.4) is 0 Å². The smallest absolute Gasteiger partial charge is 0.0273 e. The normalized spacial score (nSPS) is 11.1. The Kier molecular flexibility index (Phi) is 4.70. The molecule has 0 radical (unpaired) electrons. The lowest BCUT2D eigenvalue weighted by Crippen LogP contribution is -2.14. The Labute approximate surface area is 104 Å². The summed E-state index contributed by atoms with van der Waals surface area (Å²) in [6, 6.07) is 3.93. The maximum atomic E-state index is 4.09. The molecular weight excluding hydrogens is 208 g/mol. The zero-order valence-corrected chi connectivity index (χ0v) is 10.9. The lowest BCUT2D eigenvalue weighted by atomic mass is 10.1. The van der Waals surface area contributed by atoms with E-state index in [0.29, 0.717) is 0 Å². The fourth-order valence-corrected chi connectivity index (χ4v) is 1.53. The van der Waals surface area contributed by atoms with Gasteiger partial charge < -0.3 is 4.90 Å². The minimum atomic E-state index is 0.952. The highest BCUT2D eigenvalue weighted by atomic mass is 15.1. The summed E-state index contributed by atoms with van der Waals surface area (Å²) in [4.78, 5) is 6.09. The molecule has 17 heavy (non-hydrogen) atoms. The number of hydrogen-bond acceptors (Lipinski definition) is 2. The molecule has 0 aliphatic rings. The van der Waals surface area contributed by atoms with Gasteiger partial charge in [0.1, 0.15) is 0 Å². The van der Waals surface area contributed by atoms with Gasteiger partial charge in [0.15, 0.2) is 0 Å². The van der Waals surface area contributed by atoms with Crippen molar-refractivity contribution in [2.45, 2.75) is 20.3 Å². The van der Waals surface area contributed by atoms with E-state index >= 15 is 0 Å². The van der Waals surface area contributed by atoms with Crippen LogP contribution in [0.4, 0.5) is 0 Å². The first-order valence-corrected chi connectivity index (χ1v) is 5.75. The van der Waals surface area contributed by atoms with Crippen molar-refractivity contribution in [3.05, 3.63) is 60.7 Å². The number of allylic oxidation sites excluding steroid dienone is 4. The molecule has 1 aromatic heterocycles. The number of nitrogens with zero attached hydrogens (tertiary/aromatic N) is 2. The third-order valence-corrected chi connectivity index (χ3v) is 2.76. The van der Waals surface area contributed by atoms with Gasteiger partial charge >= 0.3 is 0 Å². The third kappa shape index (κ3) is 3.59. The number of aromatic nitrogens is 1. The Bertz CT molecular complexity index is 429. The average Bonchev–Trinajstić information content (AvgIpc) is 2.35. The molecule has 0 N–H and O–H groups in total. The average molecular weight is 228 g/mol. The summed E-state index contributed by atoms with van der Waals surface area (Å²) in [5.41, 5.74) is 4.33. The topological polar surface area (TPSA) is 16.1 Å². The fraction of sp³-hybridized carbons (Fsp3) is 0.267. The Morgan fingerprint density at radius 3 is 2.41 bits per heavy atom. The van der Waals surface area contributed by atoms with E-state index in [-0.39, 0.29) is 0 Å². The first kappa shape index (κ1) is 13.2. The molecule has 0 unspecified atom stereocenters. The summed E-state index contributed by atoms with van der Waals surface area (Å²) in [5.74, 6) is 0. The minimum Gasteiger partial charge on any atom is -0.352 e. The molecular formula is C15H20N2. The highest BCUT2D eigenvalue weighted by Gasteiger charge is 2.04. The molecule has 0 amide bonds. The van der Waals surface area contributed by atoms with Crippen molar-refractivity contribution in [3.63, 3.8) is 0 Å². The molecule has 0 aliphatic carbocycles. The van der Waals surface area contributed by atoms with Gasteiger partial charge in [-0.3, -0.25) is 4.98 Å². The molecule has 0 saturated heterocycles. The monoisotopic (exact) mass is 228 g/mol. The van der Waals surface area contributed by atoms with Crippen molar-refractivity contribution >= 4 is 5.57 Å². The first-order valence-electron chi connectivity index (χ1n) is 5.75. The van der Waals surface area contributed by atoms with Crippen LogP contribution in [0.1, 0.15) is 25.8 Å². The van der Waals surface area contributed by atoms with E-state index in [1.807, 2.05) is 26.1 Å². The maximum Gasteiger partial charge on any atom is 0.0273 e. The summed E-state index contributed by atoms with van der Waals surface area (Å²) >= 11 is 0. The fourth-order valence-electron chi connectivity index (χ4n) is 1.53. The Morgan fingerprint density at radius 2 is 1.94 bits per heavy atom. The van der Waals surface area contributed by atoms with Crippen molar-refractivity contribution in [2.24, 2.45) is 0 Å². The predicted octanol–water partition coefficient (Wildman–Crippen LogP) is 3.85. The van der Waals surface area contributed by atoms with Crippen LogP contribution in [0.2, 0.25) is 0 Å². The Morgan fingerprint density at radius 1 is 1.35 bits per heavy atom. The van der Waals surface area contributed by atoms with Gasteiger partial charge in [-0.05, 0) is 42.7 Å². The molecule has 0 spiro atoms. The molecule has 2 nitrogen and oxygen atoms in total. The van der Waals surface area contributed by atoms with Crippen LogP contribution in [0, 0.1) is 0 Å². The van der Waals surface area contributed by atoms with Crippen LogP contribution in [-0.2, 0) is 0 Å². The Hall–Kier alpha value is -1.83. The van der Waals surface area contributed by atoms with Gasteiger partial charge in [-0.15, -0.1) is 0 Å². The van der Waals surface area contributed by atoms with Crippen LogP contribution in [0.5, 0.6) is 0 Å². The zero-order valence-electron chi connectivity index (χ0n) is 10.9. The predicted molar refractivity (Wildman–Crippen MR) is 74.2 cm³/mol. The third-order valence-electron chi connectivity index (χ3n) is 2.76. The molecule has 0 aliphatic heterocycles. The van der Waals surface area contributed by atoms with Gasteiger partial charge in [-0.1, -0.05) is 20.1 Å². The number of rotatable bonds is 5. The molecule has 1 rings (SSSR count). The van der Waals surface area contributed by atoms with Crippen LogP contribution in [0.15, 0.2) is 55.2 Å². The van der Waals surface area contributed by atoms with Gasteiger partial charge in [0.25, 0.3) is 0 Å². The van der Waals surface area contributed by atoms with E-state index in [1.165, 1.54) is 5.70 Å². The van der Waals surface area contributed by atoms with Crippen LogP contribution < -0.4 is 0 Å². The maximum absolute atomic E-state index is 4.09. The molecule has 0 fully saturated rings. The minimum absolute atomic E-state index is 0.952. The quantitative estimate of drug-likeness (QED) is 0.711. The highest BCUT2D eigenvalue weighted by Crippen LogP contribution is 2.19. The second-order valence-electron chi connectivity index (χ2n) is 4.04. The van der Waals surface area contributed by atoms with Crippen molar-refractivity contribution in [3.8, 4) is 0 Å². The van der Waals surface area contributed by atoms with E-state index in [9.17, 15) is 0 Å². The number of hydrogen-bond donors (Lipinski definition) is 0. The summed E-state index contributed by atoms with van der Waals surface area (Å²) in [6.45, 7) is 12.2. The lowest BCUT2D eigenvalue weighted by molar-refractivity contribution is 0.505. The van der Waals surface area contributed by atoms with Gasteiger partial charge in [-0.25, -0.2) is 0 Å². The lowest BCUT2D eigenvalue weighted by Gasteiger charge is -2.22. The first-order chi connectivity index (χ1) is 8.06. The molecule has 1 heterocycles. The van der Waals surface area contributed by atoms with Crippen LogP contribution in [0.25, 0.3) is 5.57 Å². The van der Waals surface area contributed by atoms with Crippen LogP contribution in [-0.4, -0.2) is 16.9 Å². The van der Waals surface area contributed by atoms with Crippen LogP contribution >= 0.6 is 0 Å². The second kappa shape index (κ2) is 6.04. The molecule has 2 heteroatoms. The van der Waals surface area contributed by atoms with Crippen molar-refractivity contribution in [2.75, 3.05) is 7.05 Å². The molecule has 90 valence electrons. The molecule has 0 bridgehead atoms. The van der Waals surface area contributed by atoms with E-state index in [0.717, 1.165) is 23.3 Å². The standard InChI is InChI=1S/C15H20N2/c1-6-15(17(5)12(2)3)11-13(4)14-7-9-16-10-8-14/h7-11H,2,4,6H2,1,3,5H3/b15-11+. The van der Waals surface area contributed by atoms with Gasteiger partial charge in [0.2, 0.25) is 0 Å². The van der Waals surface area contributed by atoms with E-state index in [4.69, 9.17) is 0 Å². The van der Waals surface area contributed by atoms with Gasteiger partial charge in [0, 0.05) is 30.8 Å². The van der Waals surface area contributed by atoms with E-state index < -0.39 is 0 Å². The number of pyridine rings is 1. The van der Waals surface area contributed by atoms with E-state index in [2.05, 4.69) is 36.0 Å². The molecule has 0 atom stereocenters. The van der Waals surface area contributed by atoms with Crippen molar-refractivity contribution in [1.82, 2.24) is 9.88 Å². The Balaban J connectivity index is 2.93. The highest BCUT2D eigenvalue weighted by molar-refractivity contribution is 5.72. The zero-order chi connectivity index (χ0) is 12.8. The largest absolute Gasteiger partial charge is 0.352 e. The van der Waals surface area contributed by atoms with Gasteiger partial charge in [-0.2, -0.15) is 0 Å². The summed E-state index contributed by atoms with van der Waals surface area (Å²) in [5, 5.41) is 0. The molecule has 0 aromatic carbocycles. The summed E-state index contributed by atoms with van der Waals surface area (Å²) < 4.78 is 0. The molecule has 0 saturated carbocycles. The van der Waals surface area contributed by atoms with Crippen molar-refractivity contribution in [1.29, 1.82) is 0 Å². The van der Waals surface area contributed by atoms with Crippen molar-refractivity contribution < 1.29 is 0 Å². The second-order valence-corrected chi connectivity index (χ2v) is 4.04. The van der Waals surface area contributed by atoms with E-state index in [1.54, 1.807) is 12.4 Å². The molecule has 1 aromatic rings. The summed E-state index contributed by atoms with van der Waals surface area (Å²) in [7, 11) is 2.03.